The van der Waals surface area contributed by atoms with Gasteiger partial charge in [-0.15, -0.1) is 11.8 Å². The Balaban J connectivity index is 1.37. The number of rotatable bonds is 6. The van der Waals surface area contributed by atoms with E-state index in [1.54, 1.807) is 13.0 Å². The lowest BCUT2D eigenvalue weighted by Crippen LogP contribution is -2.57. The summed E-state index contributed by atoms with van der Waals surface area (Å²) in [5.74, 6) is 2.67. The van der Waals surface area contributed by atoms with Crippen LogP contribution in [-0.4, -0.2) is 34.6 Å². The third-order valence-corrected chi connectivity index (χ3v) is 6.82. The van der Waals surface area contributed by atoms with Crippen molar-refractivity contribution in [3.8, 4) is 0 Å². The second-order valence-corrected chi connectivity index (χ2v) is 8.83. The number of amides is 1. The van der Waals surface area contributed by atoms with Gasteiger partial charge in [0.1, 0.15) is 11.9 Å². The van der Waals surface area contributed by atoms with Gasteiger partial charge in [0.25, 0.3) is 0 Å². The Bertz CT molecular complexity index is 657. The highest BCUT2D eigenvalue weighted by molar-refractivity contribution is 8.00. The van der Waals surface area contributed by atoms with Gasteiger partial charge in [-0.25, -0.2) is 0 Å². The van der Waals surface area contributed by atoms with E-state index in [1.165, 1.54) is 18.2 Å². The molecule has 0 unspecified atom stereocenters. The van der Waals surface area contributed by atoms with Gasteiger partial charge in [-0.3, -0.25) is 9.59 Å². The van der Waals surface area contributed by atoms with E-state index < -0.39 is 0 Å². The third kappa shape index (κ3) is 3.86. The molecular formula is C18H26N2O4S. The maximum atomic E-state index is 12.1. The van der Waals surface area contributed by atoms with Crippen LogP contribution < -0.4 is 5.32 Å². The number of nitrogens with one attached hydrogen (secondary N) is 1. The van der Waals surface area contributed by atoms with Crippen molar-refractivity contribution < 1.29 is 18.8 Å². The van der Waals surface area contributed by atoms with Crippen molar-refractivity contribution in [3.63, 3.8) is 0 Å². The number of nitrogens with zero attached hydrogens (tertiary/aromatic N) is 1. The van der Waals surface area contributed by atoms with Crippen molar-refractivity contribution in [2.75, 3.05) is 16.8 Å². The molecule has 1 heterocycles. The highest BCUT2D eigenvalue weighted by atomic mass is 32.2. The van der Waals surface area contributed by atoms with Gasteiger partial charge in [-0.1, -0.05) is 25.9 Å². The monoisotopic (exact) mass is 366 g/mol. The maximum absolute atomic E-state index is 12.1. The maximum Gasteiger partial charge on any atom is 0.316 e. The quantitative estimate of drug-likeness (QED) is 0.778. The first-order valence-electron chi connectivity index (χ1n) is 8.77. The van der Waals surface area contributed by atoms with Crippen molar-refractivity contribution in [2.45, 2.75) is 46.6 Å². The Morgan fingerprint density at radius 1 is 1.40 bits per heavy atom. The van der Waals surface area contributed by atoms with Crippen LogP contribution in [0.2, 0.25) is 0 Å². The average molecular weight is 366 g/mol. The topological polar surface area (TPSA) is 81.4 Å². The van der Waals surface area contributed by atoms with E-state index in [2.05, 4.69) is 31.2 Å². The number of esters is 1. The Morgan fingerprint density at radius 2 is 2.16 bits per heavy atom. The molecule has 4 atom stereocenters. The smallest absolute Gasteiger partial charge is 0.316 e. The lowest BCUT2D eigenvalue weighted by Gasteiger charge is -2.61. The van der Waals surface area contributed by atoms with E-state index in [4.69, 9.17) is 9.26 Å². The summed E-state index contributed by atoms with van der Waals surface area (Å²) in [6.07, 6.45) is 2.25. The van der Waals surface area contributed by atoms with Gasteiger partial charge in [0.05, 0.1) is 11.5 Å². The molecule has 3 saturated carbocycles. The van der Waals surface area contributed by atoms with Gasteiger partial charge >= 0.3 is 5.97 Å². The Hall–Kier alpha value is -1.50. The Labute approximate surface area is 152 Å². The van der Waals surface area contributed by atoms with Crippen LogP contribution in [0.15, 0.2) is 10.6 Å². The Morgan fingerprint density at radius 3 is 2.76 bits per heavy atom. The van der Waals surface area contributed by atoms with E-state index >= 15 is 0 Å². The lowest BCUT2D eigenvalue weighted by atomic mass is 9.45. The first kappa shape index (κ1) is 18.3. The number of fused-ring (bicyclic) bond motifs is 2. The number of hydrogen-bond donors (Lipinski definition) is 1. The summed E-state index contributed by atoms with van der Waals surface area (Å²) in [4.78, 5) is 23.9. The highest BCUT2D eigenvalue weighted by Gasteiger charge is 2.57. The predicted molar refractivity (Wildman–Crippen MR) is 96.2 cm³/mol. The number of aryl methyl sites for hydroxylation is 1. The van der Waals surface area contributed by atoms with Crippen LogP contribution in [0, 0.1) is 30.1 Å². The fourth-order valence-corrected chi connectivity index (χ4v) is 4.89. The number of anilines is 1. The molecule has 7 heteroatoms. The predicted octanol–water partition coefficient (Wildman–Crippen LogP) is 3.27. The van der Waals surface area contributed by atoms with Gasteiger partial charge in [0.15, 0.2) is 5.82 Å². The SMILES string of the molecule is Cc1cc(NC(=O)CSCC(=O)O[C@H]2C[C@H]3C[C@@H]([C@H]2C)C3(C)C)no1. The van der Waals surface area contributed by atoms with E-state index in [1.807, 2.05) is 0 Å². The first-order chi connectivity index (χ1) is 11.8. The van der Waals surface area contributed by atoms with Crippen molar-refractivity contribution in [3.05, 3.63) is 11.8 Å². The molecule has 4 rings (SSSR count). The molecular weight excluding hydrogens is 340 g/mol. The van der Waals surface area contributed by atoms with Crippen LogP contribution in [0.3, 0.4) is 0 Å². The number of ether oxygens (including phenoxy) is 1. The molecule has 3 fully saturated rings. The molecule has 6 nitrogen and oxygen atoms in total. The lowest BCUT2D eigenvalue weighted by molar-refractivity contribution is -0.183. The average Bonchev–Trinajstić information content (AvgIpc) is 2.93. The summed E-state index contributed by atoms with van der Waals surface area (Å²) in [6.45, 7) is 8.60. The third-order valence-electron chi connectivity index (χ3n) is 5.92. The van der Waals surface area contributed by atoms with Crippen molar-refractivity contribution in [1.82, 2.24) is 5.16 Å². The molecule has 25 heavy (non-hydrogen) atoms. The fourth-order valence-electron chi connectivity index (χ4n) is 4.29. The largest absolute Gasteiger partial charge is 0.461 e. The van der Waals surface area contributed by atoms with Gasteiger partial charge in [0.2, 0.25) is 5.91 Å². The molecule has 0 saturated heterocycles. The van der Waals surface area contributed by atoms with Crippen LogP contribution in [-0.2, 0) is 14.3 Å². The number of hydrogen-bond acceptors (Lipinski definition) is 6. The molecule has 138 valence electrons. The molecule has 1 aromatic rings. The number of carbonyl (C=O) groups excluding carboxylic acids is 2. The zero-order chi connectivity index (χ0) is 18.2. The van der Waals surface area contributed by atoms with Crippen LogP contribution in [0.1, 0.15) is 39.4 Å². The molecule has 1 aromatic heterocycles. The first-order valence-corrected chi connectivity index (χ1v) is 9.93. The molecule has 0 aliphatic heterocycles. The van der Waals surface area contributed by atoms with E-state index in [-0.39, 0.29) is 29.5 Å². The summed E-state index contributed by atoms with van der Waals surface area (Å²) >= 11 is 1.25. The molecule has 0 spiro atoms. The van der Waals surface area contributed by atoms with E-state index in [0.717, 1.165) is 6.42 Å². The minimum absolute atomic E-state index is 0.0248. The summed E-state index contributed by atoms with van der Waals surface area (Å²) in [7, 11) is 0. The second-order valence-electron chi connectivity index (χ2n) is 7.85. The molecule has 3 aliphatic rings. The molecule has 3 aliphatic carbocycles. The normalized spacial score (nSPS) is 29.6. The van der Waals surface area contributed by atoms with Gasteiger partial charge in [-0.05, 0) is 42.9 Å². The van der Waals surface area contributed by atoms with Gasteiger partial charge in [0, 0.05) is 6.07 Å². The minimum atomic E-state index is -0.231. The minimum Gasteiger partial charge on any atom is -0.461 e. The van der Waals surface area contributed by atoms with Crippen molar-refractivity contribution >= 4 is 29.5 Å². The van der Waals surface area contributed by atoms with E-state index in [0.29, 0.717) is 34.7 Å². The summed E-state index contributed by atoms with van der Waals surface area (Å²) in [6, 6.07) is 1.65. The molecule has 1 N–H and O–H groups in total. The highest BCUT2D eigenvalue weighted by Crippen LogP contribution is 2.61. The van der Waals surface area contributed by atoms with Crippen LogP contribution in [0.25, 0.3) is 0 Å². The van der Waals surface area contributed by atoms with Crippen LogP contribution in [0.5, 0.6) is 0 Å². The van der Waals surface area contributed by atoms with Crippen LogP contribution >= 0.6 is 11.8 Å². The fraction of sp³-hybridized carbons (Fsp3) is 0.722. The van der Waals surface area contributed by atoms with E-state index in [9.17, 15) is 9.59 Å². The van der Waals surface area contributed by atoms with Gasteiger partial charge < -0.3 is 14.6 Å². The number of aromatic nitrogens is 1. The summed E-state index contributed by atoms with van der Waals surface area (Å²) in [5, 5.41) is 6.33. The van der Waals surface area contributed by atoms with Crippen molar-refractivity contribution in [2.24, 2.45) is 23.2 Å². The zero-order valence-corrected chi connectivity index (χ0v) is 16.0. The number of carbonyl (C=O) groups is 2. The summed E-state index contributed by atoms with van der Waals surface area (Å²) < 4.78 is 10.6. The Kier molecular flexibility index (Phi) is 5.14. The summed E-state index contributed by atoms with van der Waals surface area (Å²) in [5.41, 5.74) is 0.384. The standard InChI is InChI=1S/C18H26N2O4S/c1-10-5-15(20-24-10)19-16(21)8-25-9-17(22)23-14-7-12-6-13(11(14)2)18(12,3)4/h5,11-14H,6-9H2,1-4H3,(H,19,20,21)/t11-,12-,13+,14+/m1/s1. The molecule has 0 aromatic carbocycles. The number of thioether (sulfide) groups is 1. The van der Waals surface area contributed by atoms with Crippen LogP contribution in [0.4, 0.5) is 5.82 Å². The van der Waals surface area contributed by atoms with Gasteiger partial charge in [-0.2, -0.15) is 0 Å². The molecule has 2 bridgehead atoms. The van der Waals surface area contributed by atoms with Crippen molar-refractivity contribution in [1.29, 1.82) is 0 Å². The molecule has 0 radical (unpaired) electrons. The second kappa shape index (κ2) is 7.02. The molecule has 1 amide bonds. The zero-order valence-electron chi connectivity index (χ0n) is 15.2.